The van der Waals surface area contributed by atoms with Crippen molar-refractivity contribution in [2.45, 2.75) is 26.8 Å². The Morgan fingerprint density at radius 1 is 0.952 bits per heavy atom. The smallest absolute Gasteiger partial charge is 0.161 e. The Balaban J connectivity index is 0. The summed E-state index contributed by atoms with van der Waals surface area (Å²) in [6.07, 6.45) is 1.13. The van der Waals surface area contributed by atoms with Gasteiger partial charge in [0.2, 0.25) is 0 Å². The summed E-state index contributed by atoms with van der Waals surface area (Å²) in [7, 11) is 1.97. The Morgan fingerprint density at radius 2 is 1.62 bits per heavy atom. The molecule has 0 radical (unpaired) electrons. The standard InChI is InChI=1S/C15H26N2O2.2ClH/c1-4-18-14-8-7-13(11-15(14)19-5-2)12-17-10-6-9-16-3;;/h7-8,11,16-17H,4-6,9-10,12H2,1-3H3;2*1H. The molecule has 1 aromatic rings. The summed E-state index contributed by atoms with van der Waals surface area (Å²) in [6.45, 7) is 8.18. The molecule has 0 heterocycles. The molecule has 1 rings (SSSR count). The third-order valence-corrected chi connectivity index (χ3v) is 2.72. The second-order valence-corrected chi connectivity index (χ2v) is 4.28. The van der Waals surface area contributed by atoms with Gasteiger partial charge in [0.05, 0.1) is 13.2 Å². The maximum Gasteiger partial charge on any atom is 0.161 e. The van der Waals surface area contributed by atoms with E-state index in [2.05, 4.69) is 22.8 Å². The van der Waals surface area contributed by atoms with E-state index in [1.807, 2.05) is 27.0 Å². The van der Waals surface area contributed by atoms with Crippen LogP contribution in [-0.4, -0.2) is 33.4 Å². The minimum Gasteiger partial charge on any atom is -0.490 e. The van der Waals surface area contributed by atoms with Gasteiger partial charge in [-0.25, -0.2) is 0 Å². The van der Waals surface area contributed by atoms with Gasteiger partial charge in [-0.2, -0.15) is 0 Å². The molecule has 0 aromatic heterocycles. The van der Waals surface area contributed by atoms with Crippen LogP contribution in [0.25, 0.3) is 0 Å². The molecule has 0 fully saturated rings. The molecule has 0 saturated heterocycles. The van der Waals surface area contributed by atoms with E-state index in [4.69, 9.17) is 9.47 Å². The summed E-state index contributed by atoms with van der Waals surface area (Å²) < 4.78 is 11.2. The van der Waals surface area contributed by atoms with Crippen molar-refractivity contribution < 1.29 is 9.47 Å². The summed E-state index contributed by atoms with van der Waals surface area (Å²) in [4.78, 5) is 0. The first-order chi connectivity index (χ1) is 9.31. The molecule has 1 aromatic carbocycles. The topological polar surface area (TPSA) is 42.5 Å². The summed E-state index contributed by atoms with van der Waals surface area (Å²) in [6, 6.07) is 6.12. The Hall–Kier alpha value is -0.680. The van der Waals surface area contributed by atoms with Crippen molar-refractivity contribution in [2.24, 2.45) is 0 Å². The third kappa shape index (κ3) is 9.04. The van der Waals surface area contributed by atoms with Crippen molar-refractivity contribution in [1.29, 1.82) is 0 Å². The predicted octanol–water partition coefficient (Wildman–Crippen LogP) is 3.03. The quantitative estimate of drug-likeness (QED) is 0.643. The lowest BCUT2D eigenvalue weighted by Gasteiger charge is -2.12. The molecule has 0 spiro atoms. The van der Waals surface area contributed by atoms with Gasteiger partial charge < -0.3 is 20.1 Å². The Kier molecular flexibility index (Phi) is 15.4. The van der Waals surface area contributed by atoms with Crippen molar-refractivity contribution in [3.63, 3.8) is 0 Å². The molecule has 0 aliphatic rings. The van der Waals surface area contributed by atoms with Gasteiger partial charge in [0.1, 0.15) is 0 Å². The van der Waals surface area contributed by atoms with E-state index < -0.39 is 0 Å². The zero-order chi connectivity index (χ0) is 13.9. The van der Waals surface area contributed by atoms with Crippen LogP contribution in [0.3, 0.4) is 0 Å². The van der Waals surface area contributed by atoms with Gasteiger partial charge in [-0.15, -0.1) is 24.8 Å². The Labute approximate surface area is 140 Å². The Bertz CT molecular complexity index is 366. The highest BCUT2D eigenvalue weighted by Gasteiger charge is 2.05. The van der Waals surface area contributed by atoms with Crippen LogP contribution in [0.1, 0.15) is 25.8 Å². The van der Waals surface area contributed by atoms with Gasteiger partial charge in [-0.3, -0.25) is 0 Å². The maximum absolute atomic E-state index is 5.61. The number of rotatable bonds is 10. The number of hydrogen-bond acceptors (Lipinski definition) is 4. The van der Waals surface area contributed by atoms with Crippen molar-refractivity contribution in [3.05, 3.63) is 23.8 Å². The molecule has 6 heteroatoms. The van der Waals surface area contributed by atoms with Gasteiger partial charge in [0, 0.05) is 6.54 Å². The zero-order valence-corrected chi connectivity index (χ0v) is 14.7. The molecule has 0 aliphatic carbocycles. The minimum atomic E-state index is 0. The Morgan fingerprint density at radius 3 is 2.24 bits per heavy atom. The molecule has 0 unspecified atom stereocenters. The van der Waals surface area contributed by atoms with Gasteiger partial charge in [0.25, 0.3) is 0 Å². The van der Waals surface area contributed by atoms with Crippen LogP contribution in [0.5, 0.6) is 11.5 Å². The van der Waals surface area contributed by atoms with E-state index in [1.54, 1.807) is 0 Å². The lowest BCUT2D eigenvalue weighted by atomic mass is 10.2. The van der Waals surface area contributed by atoms with Crippen molar-refractivity contribution in [3.8, 4) is 11.5 Å². The van der Waals surface area contributed by atoms with Crippen molar-refractivity contribution in [2.75, 3.05) is 33.4 Å². The highest BCUT2D eigenvalue weighted by atomic mass is 35.5. The normalized spacial score (nSPS) is 9.48. The van der Waals surface area contributed by atoms with Crippen LogP contribution in [0, 0.1) is 0 Å². The molecule has 0 atom stereocenters. The fraction of sp³-hybridized carbons (Fsp3) is 0.600. The summed E-state index contributed by atoms with van der Waals surface area (Å²) >= 11 is 0. The van der Waals surface area contributed by atoms with Crippen LogP contribution in [-0.2, 0) is 6.54 Å². The predicted molar refractivity (Wildman–Crippen MR) is 93.5 cm³/mol. The first-order valence-corrected chi connectivity index (χ1v) is 7.05. The van der Waals surface area contributed by atoms with Crippen LogP contribution < -0.4 is 20.1 Å². The molecule has 0 bridgehead atoms. The van der Waals surface area contributed by atoms with Gasteiger partial charge >= 0.3 is 0 Å². The second kappa shape index (κ2) is 14.3. The number of halogens is 2. The summed E-state index contributed by atoms with van der Waals surface area (Å²) in [5.74, 6) is 1.65. The number of nitrogens with one attached hydrogen (secondary N) is 2. The molecule has 2 N–H and O–H groups in total. The molecular weight excluding hydrogens is 311 g/mol. The van der Waals surface area contributed by atoms with E-state index in [1.165, 1.54) is 5.56 Å². The first kappa shape index (κ1) is 22.6. The average molecular weight is 339 g/mol. The average Bonchev–Trinajstić information content (AvgIpc) is 2.42. The molecular formula is C15H28Cl2N2O2. The molecule has 0 saturated carbocycles. The fourth-order valence-electron chi connectivity index (χ4n) is 1.83. The molecule has 0 aliphatic heterocycles. The lowest BCUT2D eigenvalue weighted by molar-refractivity contribution is 0.287. The largest absolute Gasteiger partial charge is 0.490 e. The van der Waals surface area contributed by atoms with E-state index in [0.29, 0.717) is 13.2 Å². The number of ether oxygens (including phenoxy) is 2. The molecule has 21 heavy (non-hydrogen) atoms. The third-order valence-electron chi connectivity index (χ3n) is 2.72. The zero-order valence-electron chi connectivity index (χ0n) is 13.1. The number of hydrogen-bond donors (Lipinski definition) is 2. The molecule has 0 amide bonds. The molecule has 4 nitrogen and oxygen atoms in total. The van der Waals surface area contributed by atoms with Crippen LogP contribution >= 0.6 is 24.8 Å². The van der Waals surface area contributed by atoms with E-state index in [9.17, 15) is 0 Å². The highest BCUT2D eigenvalue weighted by molar-refractivity contribution is 5.85. The highest BCUT2D eigenvalue weighted by Crippen LogP contribution is 2.28. The second-order valence-electron chi connectivity index (χ2n) is 4.28. The molecule has 124 valence electrons. The summed E-state index contributed by atoms with van der Waals surface area (Å²) in [5.41, 5.74) is 1.22. The van der Waals surface area contributed by atoms with Crippen LogP contribution in [0.15, 0.2) is 18.2 Å². The van der Waals surface area contributed by atoms with Crippen LogP contribution in [0.4, 0.5) is 0 Å². The lowest BCUT2D eigenvalue weighted by Crippen LogP contribution is -2.19. The van der Waals surface area contributed by atoms with Gasteiger partial charge in [0.15, 0.2) is 11.5 Å². The van der Waals surface area contributed by atoms with Crippen LogP contribution in [0.2, 0.25) is 0 Å². The number of benzene rings is 1. The maximum atomic E-state index is 5.61. The van der Waals surface area contributed by atoms with Gasteiger partial charge in [-0.1, -0.05) is 6.07 Å². The van der Waals surface area contributed by atoms with Crippen molar-refractivity contribution in [1.82, 2.24) is 10.6 Å². The summed E-state index contributed by atoms with van der Waals surface area (Å²) in [5, 5.41) is 6.56. The van der Waals surface area contributed by atoms with E-state index in [0.717, 1.165) is 37.6 Å². The first-order valence-electron chi connectivity index (χ1n) is 7.05. The van der Waals surface area contributed by atoms with E-state index in [-0.39, 0.29) is 24.8 Å². The van der Waals surface area contributed by atoms with Crippen molar-refractivity contribution >= 4 is 24.8 Å². The monoisotopic (exact) mass is 338 g/mol. The fourth-order valence-corrected chi connectivity index (χ4v) is 1.83. The van der Waals surface area contributed by atoms with E-state index >= 15 is 0 Å². The SMILES string of the molecule is CCOc1ccc(CNCCCNC)cc1OCC.Cl.Cl. The van der Waals surface area contributed by atoms with Gasteiger partial charge in [-0.05, 0) is 58.1 Å². The minimum absolute atomic E-state index is 0.